The van der Waals surface area contributed by atoms with Crippen LogP contribution in [0.1, 0.15) is 115 Å². The minimum absolute atomic E-state index is 0.326. The van der Waals surface area contributed by atoms with Gasteiger partial charge in [-0.3, -0.25) is 0 Å². The summed E-state index contributed by atoms with van der Waals surface area (Å²) in [7, 11) is -10.7. The first kappa shape index (κ1) is 51.5. The van der Waals surface area contributed by atoms with Crippen LogP contribution in [-0.4, -0.2) is 72.0 Å². The van der Waals surface area contributed by atoms with Crippen LogP contribution in [-0.2, 0) is 14.3 Å². The summed E-state index contributed by atoms with van der Waals surface area (Å²) in [6.07, 6.45) is 2.29. The molecule has 0 bridgehead atoms. The molecule has 2 atom stereocenters. The van der Waals surface area contributed by atoms with Crippen molar-refractivity contribution in [2.24, 2.45) is 0 Å². The molecule has 0 radical (unpaired) electrons. The fraction of sp³-hybridized carbons (Fsp3) is 0.702. The van der Waals surface area contributed by atoms with Gasteiger partial charge < -0.3 is 0 Å². The van der Waals surface area contributed by atoms with E-state index in [9.17, 15) is 4.21 Å². The van der Waals surface area contributed by atoms with E-state index in [0.717, 1.165) is 5.25 Å². The van der Waals surface area contributed by atoms with Crippen LogP contribution in [0.25, 0.3) is 0 Å². The van der Waals surface area contributed by atoms with E-state index in [-0.39, 0.29) is 0 Å². The molecule has 1 aliphatic rings. The molecule has 2 nitrogen and oxygen atoms in total. The summed E-state index contributed by atoms with van der Waals surface area (Å²) in [4.78, 5) is 0. The Balaban J connectivity index is 3.10. The van der Waals surface area contributed by atoms with Crippen molar-refractivity contribution in [2.45, 2.75) is 205 Å². The SMILES string of the molecule is CC1=CCS(=O)[O][Ge@]([c]2c(C(C)C)cc(C(C)C)cc2C(C)C)([c]2c(C([Si](C)(C)C)[Si](C)(C)C)cc(C([Si](C)(C)C)[Si](C)(C)C)cc2C([Si](C)(C)C)[Si](C)(C)C)[CH2]1. The first-order chi connectivity index (χ1) is 25.4. The summed E-state index contributed by atoms with van der Waals surface area (Å²) >= 11 is -5.58. The zero-order valence-corrected chi connectivity index (χ0v) is 50.9. The van der Waals surface area contributed by atoms with E-state index in [4.69, 9.17) is 3.21 Å². The van der Waals surface area contributed by atoms with Crippen LogP contribution in [0, 0.1) is 0 Å². The zero-order chi connectivity index (χ0) is 44.4. The molecule has 324 valence electrons. The van der Waals surface area contributed by atoms with Crippen molar-refractivity contribution in [2.75, 3.05) is 5.75 Å². The van der Waals surface area contributed by atoms with E-state index in [1.165, 1.54) is 26.7 Å². The Labute approximate surface area is 366 Å². The average molecular weight is 960 g/mol. The molecule has 0 aliphatic carbocycles. The topological polar surface area (TPSA) is 26.3 Å². The molecule has 10 heteroatoms. The van der Waals surface area contributed by atoms with Gasteiger partial charge in [0.2, 0.25) is 0 Å². The molecule has 0 saturated heterocycles. The Bertz CT molecular complexity index is 1690. The van der Waals surface area contributed by atoms with Gasteiger partial charge in [0, 0.05) is 0 Å². The van der Waals surface area contributed by atoms with E-state index in [2.05, 4.69) is 197 Å². The molecule has 3 rings (SSSR count). The molecule has 1 heterocycles. The van der Waals surface area contributed by atoms with Crippen molar-refractivity contribution in [1.82, 2.24) is 0 Å². The maximum atomic E-state index is 14.9. The standard InChI is InChI=1S/C47H90GeO2SSi6/c1-33(2)37-28-39(34(3)4)43(40(29-37)35(5)6)48(32-36(7)26-27-51(49)50-48)44-41(46(54(14,15)16)55(17,18)19)30-38(45(52(8,9)10)53(11,12)13)31-42(44)47(56(20,21)22)57(23,24)25/h26,28-31,33-35,45-47H,27,32H2,1-25H3/t48-,51?/m1/s1. The van der Waals surface area contributed by atoms with Gasteiger partial charge in [0.25, 0.3) is 0 Å². The summed E-state index contributed by atoms with van der Waals surface area (Å²) in [5.74, 6) is 1.57. The van der Waals surface area contributed by atoms with Gasteiger partial charge in [0.05, 0.1) is 0 Å². The summed E-state index contributed by atoms with van der Waals surface area (Å²) < 4.78 is 25.9. The Morgan fingerprint density at radius 2 is 0.807 bits per heavy atom. The molecule has 2 aromatic carbocycles. The van der Waals surface area contributed by atoms with Gasteiger partial charge in [-0.25, -0.2) is 0 Å². The second-order valence-corrected chi connectivity index (χ2v) is 67.8. The summed E-state index contributed by atoms with van der Waals surface area (Å²) in [5, 5.41) is 2.64. The third kappa shape index (κ3) is 11.6. The van der Waals surface area contributed by atoms with Crippen LogP contribution >= 0.6 is 0 Å². The van der Waals surface area contributed by atoms with Crippen molar-refractivity contribution in [3.05, 3.63) is 69.3 Å². The molecular weight excluding hydrogens is 870 g/mol. The number of hydrogen-bond donors (Lipinski definition) is 0. The molecule has 1 aliphatic heterocycles. The third-order valence-corrected chi connectivity index (χ3v) is 52.4. The Kier molecular flexibility index (Phi) is 16.0. The first-order valence-corrected chi connectivity index (χ1v) is 49.6. The van der Waals surface area contributed by atoms with Crippen molar-refractivity contribution >= 4 is 81.9 Å². The van der Waals surface area contributed by atoms with E-state index in [1.54, 1.807) is 21.1 Å². The van der Waals surface area contributed by atoms with Crippen LogP contribution < -0.4 is 8.79 Å². The second kappa shape index (κ2) is 17.7. The summed E-state index contributed by atoms with van der Waals surface area (Å²) in [6.45, 7) is 64.6. The van der Waals surface area contributed by atoms with Crippen LogP contribution in [0.15, 0.2) is 35.9 Å². The van der Waals surface area contributed by atoms with E-state index in [1.807, 2.05) is 0 Å². The van der Waals surface area contributed by atoms with Crippen molar-refractivity contribution in [1.29, 1.82) is 0 Å². The predicted molar refractivity (Wildman–Crippen MR) is 281 cm³/mol. The second-order valence-electron chi connectivity index (χ2n) is 25.7. The molecule has 2 aromatic rings. The van der Waals surface area contributed by atoms with Gasteiger partial charge >= 0.3 is 369 Å². The molecule has 0 saturated carbocycles. The number of benzene rings is 2. The van der Waals surface area contributed by atoms with Gasteiger partial charge in [-0.05, 0) is 0 Å². The van der Waals surface area contributed by atoms with Crippen molar-refractivity contribution < 1.29 is 7.42 Å². The quantitative estimate of drug-likeness (QED) is 0.139. The van der Waals surface area contributed by atoms with Crippen molar-refractivity contribution in [3.63, 3.8) is 0 Å². The van der Waals surface area contributed by atoms with E-state index < -0.39 is 73.1 Å². The molecule has 0 N–H and O–H groups in total. The molecule has 0 amide bonds. The number of rotatable bonds is 14. The van der Waals surface area contributed by atoms with Crippen LogP contribution in [0.5, 0.6) is 0 Å². The zero-order valence-electron chi connectivity index (χ0n) is 42.0. The normalized spacial score (nSPS) is 19.8. The monoisotopic (exact) mass is 960 g/mol. The van der Waals surface area contributed by atoms with Gasteiger partial charge in [-0.1, -0.05) is 0 Å². The molecule has 0 fully saturated rings. The minimum atomic E-state index is -4.17. The first-order valence-electron chi connectivity index (χ1n) is 22.5. The van der Waals surface area contributed by atoms with E-state index >= 15 is 0 Å². The van der Waals surface area contributed by atoms with Gasteiger partial charge in [0.1, 0.15) is 0 Å². The summed E-state index contributed by atoms with van der Waals surface area (Å²) in [5.41, 5.74) is 10.8. The number of allylic oxidation sites excluding steroid dienone is 1. The molecule has 57 heavy (non-hydrogen) atoms. The van der Waals surface area contributed by atoms with Crippen LogP contribution in [0.3, 0.4) is 0 Å². The Morgan fingerprint density at radius 3 is 1.11 bits per heavy atom. The predicted octanol–water partition coefficient (Wildman–Crippen LogP) is 14.3. The van der Waals surface area contributed by atoms with Gasteiger partial charge in [0.15, 0.2) is 0 Å². The Hall–Kier alpha value is 0.134. The average Bonchev–Trinajstić information content (AvgIpc) is 3.09. The van der Waals surface area contributed by atoms with Gasteiger partial charge in [-0.2, -0.15) is 0 Å². The van der Waals surface area contributed by atoms with Crippen LogP contribution in [0.4, 0.5) is 0 Å². The fourth-order valence-corrected chi connectivity index (χ4v) is 66.1. The third-order valence-electron chi connectivity index (χ3n) is 12.6. The van der Waals surface area contributed by atoms with Crippen molar-refractivity contribution in [3.8, 4) is 0 Å². The molecule has 0 aromatic heterocycles. The Morgan fingerprint density at radius 1 is 0.491 bits per heavy atom. The number of hydrogen-bond acceptors (Lipinski definition) is 2. The van der Waals surface area contributed by atoms with Gasteiger partial charge in [-0.15, -0.1) is 0 Å². The maximum absolute atomic E-state index is 14.9. The van der Waals surface area contributed by atoms with E-state index in [0.29, 0.717) is 39.0 Å². The van der Waals surface area contributed by atoms with Crippen LogP contribution in [0.2, 0.25) is 123 Å². The molecule has 1 unspecified atom stereocenters. The fourth-order valence-electron chi connectivity index (χ4n) is 12.3. The summed E-state index contributed by atoms with van der Waals surface area (Å²) in [6, 6.07) is 10.9. The molecular formula is C47H90GeO2SSi6. The molecule has 0 spiro atoms.